The number of carbonyl (C=O) groups is 1. The van der Waals surface area contributed by atoms with Crippen LogP contribution in [-0.2, 0) is 19.0 Å². The normalized spacial score (nSPS) is 17.0. The van der Waals surface area contributed by atoms with E-state index in [2.05, 4.69) is 13.8 Å². The van der Waals surface area contributed by atoms with Crippen molar-refractivity contribution in [2.45, 2.75) is 129 Å². The summed E-state index contributed by atoms with van der Waals surface area (Å²) in [7, 11) is 0. The van der Waals surface area contributed by atoms with E-state index in [9.17, 15) is 15.0 Å². The number of hydrogen-bond donors (Lipinski definition) is 2. The van der Waals surface area contributed by atoms with Gasteiger partial charge in [-0.15, -0.1) is 0 Å². The molecule has 2 atom stereocenters. The minimum atomic E-state index is -1.21. The van der Waals surface area contributed by atoms with Crippen molar-refractivity contribution in [1.82, 2.24) is 0 Å². The van der Waals surface area contributed by atoms with E-state index < -0.39 is 24.8 Å². The molecule has 0 aliphatic carbocycles. The minimum Gasteiger partial charge on any atom is -0.490 e. The Labute approximate surface area is 195 Å². The molecule has 0 aromatic heterocycles. The first-order valence-corrected chi connectivity index (χ1v) is 13.1. The number of cyclic esters (lactones) is 1. The van der Waals surface area contributed by atoms with Crippen LogP contribution in [0.5, 0.6) is 0 Å². The Morgan fingerprint density at radius 3 is 1.66 bits per heavy atom. The molecule has 2 N–H and O–H groups in total. The number of esters is 1. The van der Waals surface area contributed by atoms with Gasteiger partial charge < -0.3 is 24.4 Å². The SMILES string of the molecule is CCCCCCCCCCOC1=C(OCCCCCCCCCC)[C@@H]([C@@H](O)CO)OC1=O. The first-order valence-electron chi connectivity index (χ1n) is 13.1. The molecule has 0 spiro atoms. The fraction of sp³-hybridized carbons (Fsp3) is 0.885. The predicted molar refractivity (Wildman–Crippen MR) is 127 cm³/mol. The van der Waals surface area contributed by atoms with Gasteiger partial charge >= 0.3 is 5.97 Å². The molecule has 32 heavy (non-hydrogen) atoms. The predicted octanol–water partition coefficient (Wildman–Crippen LogP) is 5.79. The highest BCUT2D eigenvalue weighted by Crippen LogP contribution is 2.28. The van der Waals surface area contributed by atoms with Crippen molar-refractivity contribution in [3.05, 3.63) is 11.5 Å². The van der Waals surface area contributed by atoms with Gasteiger partial charge in [-0.1, -0.05) is 104 Å². The van der Waals surface area contributed by atoms with Gasteiger partial charge in [0.25, 0.3) is 0 Å². The van der Waals surface area contributed by atoms with Crippen molar-refractivity contribution in [3.63, 3.8) is 0 Å². The third kappa shape index (κ3) is 12.1. The Morgan fingerprint density at radius 1 is 0.750 bits per heavy atom. The monoisotopic (exact) mass is 456 g/mol. The van der Waals surface area contributed by atoms with Gasteiger partial charge in [0.1, 0.15) is 6.10 Å². The molecule has 0 saturated heterocycles. The van der Waals surface area contributed by atoms with E-state index in [1.165, 1.54) is 77.0 Å². The standard InChI is InChI=1S/C26H48O6/c1-3-5-7-9-11-13-15-17-19-30-24-23(22(28)21-27)32-26(29)25(24)31-20-18-16-14-12-10-8-6-4-2/h22-23,27-28H,3-21H2,1-2H3/t22-,23+/m0/s1. The zero-order valence-electron chi connectivity index (χ0n) is 20.6. The van der Waals surface area contributed by atoms with E-state index in [0.29, 0.717) is 13.2 Å². The summed E-state index contributed by atoms with van der Waals surface area (Å²) in [6.45, 7) is 4.80. The molecular formula is C26H48O6. The van der Waals surface area contributed by atoms with Gasteiger partial charge in [0.2, 0.25) is 5.76 Å². The maximum Gasteiger partial charge on any atom is 0.378 e. The number of aliphatic hydroxyl groups excluding tert-OH is 2. The van der Waals surface area contributed by atoms with Gasteiger partial charge in [0, 0.05) is 0 Å². The fourth-order valence-electron chi connectivity index (χ4n) is 3.91. The molecule has 0 aromatic rings. The second kappa shape index (κ2) is 19.2. The van der Waals surface area contributed by atoms with Crippen molar-refractivity contribution in [2.24, 2.45) is 0 Å². The molecule has 6 heteroatoms. The number of hydrogen-bond acceptors (Lipinski definition) is 6. The van der Waals surface area contributed by atoms with Crippen LogP contribution in [0.2, 0.25) is 0 Å². The lowest BCUT2D eigenvalue weighted by molar-refractivity contribution is -0.148. The smallest absolute Gasteiger partial charge is 0.378 e. The van der Waals surface area contributed by atoms with Crippen molar-refractivity contribution in [2.75, 3.05) is 19.8 Å². The number of carbonyl (C=O) groups excluding carboxylic acids is 1. The summed E-state index contributed by atoms with van der Waals surface area (Å²) in [4.78, 5) is 12.3. The van der Waals surface area contributed by atoms with E-state index in [4.69, 9.17) is 14.2 Å². The number of ether oxygens (including phenoxy) is 3. The lowest BCUT2D eigenvalue weighted by atomic mass is 10.1. The zero-order chi connectivity index (χ0) is 23.4. The molecule has 0 radical (unpaired) electrons. The van der Waals surface area contributed by atoms with Crippen LogP contribution in [-0.4, -0.2) is 48.2 Å². The third-order valence-corrected chi connectivity index (χ3v) is 5.94. The van der Waals surface area contributed by atoms with Crippen LogP contribution < -0.4 is 0 Å². The van der Waals surface area contributed by atoms with E-state index in [1.807, 2.05) is 0 Å². The molecule has 0 aromatic carbocycles. The first-order chi connectivity index (χ1) is 15.7. The molecule has 0 amide bonds. The van der Waals surface area contributed by atoms with E-state index >= 15 is 0 Å². The summed E-state index contributed by atoms with van der Waals surface area (Å²) in [5.41, 5.74) is 0. The minimum absolute atomic E-state index is 0.0602. The molecule has 1 aliphatic heterocycles. The molecule has 0 saturated carbocycles. The Kier molecular flexibility index (Phi) is 17.3. The Hall–Kier alpha value is -1.27. The highest BCUT2D eigenvalue weighted by atomic mass is 16.6. The van der Waals surface area contributed by atoms with Gasteiger partial charge in [-0.2, -0.15) is 0 Å². The average molecular weight is 457 g/mol. The topological polar surface area (TPSA) is 85.2 Å². The molecule has 1 aliphatic rings. The lowest BCUT2D eigenvalue weighted by Crippen LogP contribution is -2.32. The highest BCUT2D eigenvalue weighted by molar-refractivity contribution is 5.89. The number of rotatable bonds is 22. The van der Waals surface area contributed by atoms with Gasteiger partial charge in [-0.05, 0) is 12.8 Å². The lowest BCUT2D eigenvalue weighted by Gasteiger charge is -2.18. The summed E-state index contributed by atoms with van der Waals surface area (Å²) < 4.78 is 16.8. The highest BCUT2D eigenvalue weighted by Gasteiger charge is 2.41. The van der Waals surface area contributed by atoms with Gasteiger partial charge in [-0.3, -0.25) is 0 Å². The van der Waals surface area contributed by atoms with Crippen molar-refractivity contribution >= 4 is 5.97 Å². The van der Waals surface area contributed by atoms with E-state index in [0.717, 1.165) is 25.7 Å². The maximum atomic E-state index is 12.3. The summed E-state index contributed by atoms with van der Waals surface area (Å²) in [6, 6.07) is 0. The molecule has 1 heterocycles. The van der Waals surface area contributed by atoms with Crippen LogP contribution in [0.3, 0.4) is 0 Å². The number of unbranched alkanes of at least 4 members (excludes halogenated alkanes) is 14. The second-order valence-corrected chi connectivity index (χ2v) is 8.92. The van der Waals surface area contributed by atoms with Gasteiger partial charge in [-0.25, -0.2) is 4.79 Å². The first kappa shape index (κ1) is 28.8. The summed E-state index contributed by atoms with van der Waals surface area (Å²) in [5.74, 6) is -0.322. The summed E-state index contributed by atoms with van der Waals surface area (Å²) in [6.07, 6.45) is 16.8. The van der Waals surface area contributed by atoms with Crippen molar-refractivity contribution in [1.29, 1.82) is 0 Å². The Morgan fingerprint density at radius 2 is 1.19 bits per heavy atom. The summed E-state index contributed by atoms with van der Waals surface area (Å²) in [5, 5.41) is 19.3. The quantitative estimate of drug-likeness (QED) is 0.158. The maximum absolute atomic E-state index is 12.3. The molecule has 0 fully saturated rings. The van der Waals surface area contributed by atoms with Crippen molar-refractivity contribution in [3.8, 4) is 0 Å². The van der Waals surface area contributed by atoms with Crippen LogP contribution >= 0.6 is 0 Å². The van der Waals surface area contributed by atoms with Crippen LogP contribution in [0, 0.1) is 0 Å². The Balaban J connectivity index is 2.37. The summed E-state index contributed by atoms with van der Waals surface area (Å²) >= 11 is 0. The Bertz CT molecular complexity index is 505. The third-order valence-electron chi connectivity index (χ3n) is 5.94. The largest absolute Gasteiger partial charge is 0.490 e. The second-order valence-electron chi connectivity index (χ2n) is 8.92. The fourth-order valence-corrected chi connectivity index (χ4v) is 3.91. The number of aliphatic hydroxyl groups is 2. The van der Waals surface area contributed by atoms with Crippen LogP contribution in [0.1, 0.15) is 117 Å². The van der Waals surface area contributed by atoms with Gasteiger partial charge in [0.15, 0.2) is 11.9 Å². The molecule has 0 unspecified atom stereocenters. The van der Waals surface area contributed by atoms with Crippen LogP contribution in [0.25, 0.3) is 0 Å². The molecule has 1 rings (SSSR count). The van der Waals surface area contributed by atoms with E-state index in [-0.39, 0.29) is 11.5 Å². The molecule has 6 nitrogen and oxygen atoms in total. The molecule has 0 bridgehead atoms. The van der Waals surface area contributed by atoms with E-state index in [1.54, 1.807) is 0 Å². The van der Waals surface area contributed by atoms with Gasteiger partial charge in [0.05, 0.1) is 19.8 Å². The zero-order valence-corrected chi connectivity index (χ0v) is 20.6. The average Bonchev–Trinajstić information content (AvgIpc) is 3.11. The van der Waals surface area contributed by atoms with Crippen molar-refractivity contribution < 1.29 is 29.2 Å². The molecular weight excluding hydrogens is 408 g/mol. The van der Waals surface area contributed by atoms with Crippen LogP contribution in [0.15, 0.2) is 11.5 Å². The van der Waals surface area contributed by atoms with Crippen LogP contribution in [0.4, 0.5) is 0 Å². The molecule has 188 valence electrons.